The van der Waals surface area contributed by atoms with Crippen molar-refractivity contribution in [1.29, 1.82) is 0 Å². The van der Waals surface area contributed by atoms with E-state index in [1.165, 1.54) is 21.9 Å². The highest BCUT2D eigenvalue weighted by Gasteiger charge is 2.18. The molecule has 2 N–H and O–H groups in total. The summed E-state index contributed by atoms with van der Waals surface area (Å²) in [5.74, 6) is 0. The molecule has 0 saturated heterocycles. The Labute approximate surface area is 222 Å². The number of pyridine rings is 2. The van der Waals surface area contributed by atoms with Crippen molar-refractivity contribution in [3.8, 4) is 0 Å². The molecule has 0 fully saturated rings. The van der Waals surface area contributed by atoms with Gasteiger partial charge in [0.15, 0.2) is 25.5 Å². The van der Waals surface area contributed by atoms with Crippen LogP contribution in [-0.2, 0) is 13.1 Å². The van der Waals surface area contributed by atoms with Crippen LogP contribution >= 0.6 is 0 Å². The van der Waals surface area contributed by atoms with Gasteiger partial charge in [0.25, 0.3) is 0 Å². The van der Waals surface area contributed by atoms with Crippen LogP contribution in [0.1, 0.15) is 16.7 Å². The molecule has 7 heteroatoms. The van der Waals surface area contributed by atoms with Crippen LogP contribution in [0.2, 0.25) is 0 Å². The van der Waals surface area contributed by atoms with Crippen LogP contribution in [0.25, 0.3) is 27.9 Å². The standard InChI is InChI=1S/C28H25BN2O2.BrH.ClH/c1-2-21-10-12-22(13-11-21)19-30-16-4-8-25-26-9-5-17-31(28(26)15-14-27(25)30)20-23-6-3-7-24(18-23)29(32)33;;/h2-18,32-33H,1,19-20H2;2*1H/q+2;;/p-2. The number of rotatable bonds is 6. The Morgan fingerprint density at radius 3 is 1.83 bits per heavy atom. The SMILES string of the molecule is C=Cc1ccc(C[n+]2cccc3c4ccc[n+](Cc5cccc(B(O)O)c5)c4ccc32)cc1.[Br-].[Cl-]. The molecule has 176 valence electrons. The second kappa shape index (κ2) is 11.6. The third-order valence-electron chi connectivity index (χ3n) is 6.09. The minimum Gasteiger partial charge on any atom is -1.00 e. The topological polar surface area (TPSA) is 48.2 Å². The molecule has 3 aromatic carbocycles. The summed E-state index contributed by atoms with van der Waals surface area (Å²) in [6.07, 6.45) is 6.05. The second-order valence-electron chi connectivity index (χ2n) is 8.27. The van der Waals surface area contributed by atoms with Gasteiger partial charge in [0.2, 0.25) is 11.0 Å². The molecule has 0 spiro atoms. The fourth-order valence-electron chi connectivity index (χ4n) is 4.39. The van der Waals surface area contributed by atoms with Gasteiger partial charge in [0.1, 0.15) is 0 Å². The summed E-state index contributed by atoms with van der Waals surface area (Å²) in [6, 6.07) is 28.7. The van der Waals surface area contributed by atoms with Gasteiger partial charge in [-0.25, -0.2) is 0 Å². The Morgan fingerprint density at radius 1 is 0.714 bits per heavy atom. The van der Waals surface area contributed by atoms with Crippen LogP contribution in [0.5, 0.6) is 0 Å². The van der Waals surface area contributed by atoms with Crippen molar-refractivity contribution in [3.05, 3.63) is 121 Å². The molecule has 0 unspecified atom stereocenters. The van der Waals surface area contributed by atoms with E-state index < -0.39 is 7.12 Å². The monoisotopic (exact) mass is 546 g/mol. The zero-order valence-electron chi connectivity index (χ0n) is 19.1. The molecule has 0 aliphatic rings. The summed E-state index contributed by atoms with van der Waals surface area (Å²) in [6.45, 7) is 5.27. The van der Waals surface area contributed by atoms with Crippen LogP contribution in [0.3, 0.4) is 0 Å². The third-order valence-corrected chi connectivity index (χ3v) is 6.09. The average molecular weight is 548 g/mol. The first-order valence-corrected chi connectivity index (χ1v) is 11.0. The molecule has 2 aromatic heterocycles. The van der Waals surface area contributed by atoms with E-state index in [9.17, 15) is 10.0 Å². The maximum Gasteiger partial charge on any atom is 0.488 e. The molecule has 5 aromatic rings. The number of aromatic nitrogens is 2. The molecular formula is C28H25BBrClN2O2. The summed E-state index contributed by atoms with van der Waals surface area (Å²) in [4.78, 5) is 0. The van der Waals surface area contributed by atoms with Crippen LogP contribution < -0.4 is 44.0 Å². The van der Waals surface area contributed by atoms with Gasteiger partial charge in [-0.2, -0.15) is 9.13 Å². The smallest absolute Gasteiger partial charge is 0.488 e. The normalized spacial score (nSPS) is 10.5. The third kappa shape index (κ3) is 5.63. The van der Waals surface area contributed by atoms with Crippen LogP contribution in [0.15, 0.2) is 104 Å². The highest BCUT2D eigenvalue weighted by molar-refractivity contribution is 6.58. The Hall–Kier alpha value is -3.03. The van der Waals surface area contributed by atoms with E-state index in [-0.39, 0.29) is 29.4 Å². The largest absolute Gasteiger partial charge is 1.00 e. The average Bonchev–Trinajstić information content (AvgIpc) is 2.85. The van der Waals surface area contributed by atoms with Crippen LogP contribution in [0.4, 0.5) is 0 Å². The van der Waals surface area contributed by atoms with Gasteiger partial charge >= 0.3 is 7.12 Å². The van der Waals surface area contributed by atoms with Crippen molar-refractivity contribution in [1.82, 2.24) is 0 Å². The zero-order valence-corrected chi connectivity index (χ0v) is 21.4. The van der Waals surface area contributed by atoms with Gasteiger partial charge in [-0.3, -0.25) is 0 Å². The lowest BCUT2D eigenvalue weighted by atomic mass is 9.79. The Bertz CT molecular complexity index is 1480. The fourth-order valence-corrected chi connectivity index (χ4v) is 4.39. The Balaban J connectivity index is 0.00000171. The first kappa shape index (κ1) is 26.6. The number of benzene rings is 3. The molecule has 0 saturated carbocycles. The van der Waals surface area contributed by atoms with E-state index in [0.29, 0.717) is 12.0 Å². The molecule has 0 atom stereocenters. The van der Waals surface area contributed by atoms with E-state index in [4.69, 9.17) is 0 Å². The van der Waals surface area contributed by atoms with Gasteiger partial charge in [0.05, 0.1) is 10.8 Å². The molecular weight excluding hydrogens is 522 g/mol. The number of hydrogen-bond acceptors (Lipinski definition) is 2. The fraction of sp³-hybridized carbons (Fsp3) is 0.0714. The number of fused-ring (bicyclic) bond motifs is 3. The lowest BCUT2D eigenvalue weighted by Gasteiger charge is -2.07. The predicted molar refractivity (Wildman–Crippen MR) is 133 cm³/mol. The quantitative estimate of drug-likeness (QED) is 0.135. The summed E-state index contributed by atoms with van der Waals surface area (Å²) in [7, 11) is -1.46. The minimum atomic E-state index is -1.46. The van der Waals surface area contributed by atoms with E-state index >= 15 is 0 Å². The molecule has 0 aliphatic heterocycles. The van der Waals surface area contributed by atoms with Gasteiger partial charge in [-0.05, 0) is 23.2 Å². The van der Waals surface area contributed by atoms with Crippen molar-refractivity contribution in [2.75, 3.05) is 0 Å². The highest BCUT2D eigenvalue weighted by atomic mass is 79.9. The van der Waals surface area contributed by atoms with E-state index in [1.807, 2.05) is 24.3 Å². The van der Waals surface area contributed by atoms with Gasteiger partial charge in [0, 0.05) is 35.4 Å². The van der Waals surface area contributed by atoms with E-state index in [1.54, 1.807) is 6.07 Å². The molecule has 0 radical (unpaired) electrons. The van der Waals surface area contributed by atoms with Gasteiger partial charge < -0.3 is 39.4 Å². The summed E-state index contributed by atoms with van der Waals surface area (Å²) < 4.78 is 4.48. The van der Waals surface area contributed by atoms with Crippen molar-refractivity contribution < 1.29 is 48.6 Å². The molecule has 0 aliphatic carbocycles. The van der Waals surface area contributed by atoms with Crippen molar-refractivity contribution >= 4 is 40.5 Å². The maximum absolute atomic E-state index is 9.50. The molecule has 35 heavy (non-hydrogen) atoms. The summed E-state index contributed by atoms with van der Waals surface area (Å²) in [5, 5.41) is 21.4. The van der Waals surface area contributed by atoms with Gasteiger partial charge in [-0.15, -0.1) is 0 Å². The first-order chi connectivity index (χ1) is 16.1. The molecule has 0 bridgehead atoms. The number of nitrogens with zero attached hydrogens (tertiary/aromatic N) is 2. The molecule has 2 heterocycles. The van der Waals surface area contributed by atoms with E-state index in [2.05, 4.69) is 88.8 Å². The maximum atomic E-state index is 9.50. The van der Waals surface area contributed by atoms with Gasteiger partial charge in [-0.1, -0.05) is 61.2 Å². The minimum absolute atomic E-state index is 0. The molecule has 4 nitrogen and oxygen atoms in total. The highest BCUT2D eigenvalue weighted by Crippen LogP contribution is 2.21. The lowest BCUT2D eigenvalue weighted by Crippen LogP contribution is -3.00. The summed E-state index contributed by atoms with van der Waals surface area (Å²) >= 11 is 0. The molecule has 5 rings (SSSR count). The summed E-state index contributed by atoms with van der Waals surface area (Å²) in [5.41, 5.74) is 6.20. The Morgan fingerprint density at radius 2 is 1.29 bits per heavy atom. The van der Waals surface area contributed by atoms with Crippen molar-refractivity contribution in [2.24, 2.45) is 0 Å². The second-order valence-corrected chi connectivity index (χ2v) is 8.27. The molecule has 0 amide bonds. The number of hydrogen-bond donors (Lipinski definition) is 2. The van der Waals surface area contributed by atoms with Crippen molar-refractivity contribution in [3.63, 3.8) is 0 Å². The number of halogens is 2. The zero-order chi connectivity index (χ0) is 22.8. The van der Waals surface area contributed by atoms with Crippen molar-refractivity contribution in [2.45, 2.75) is 13.1 Å². The van der Waals surface area contributed by atoms with Crippen LogP contribution in [0, 0.1) is 0 Å². The lowest BCUT2D eigenvalue weighted by molar-refractivity contribution is -0.664. The Kier molecular flexibility index (Phi) is 8.81. The van der Waals surface area contributed by atoms with Crippen LogP contribution in [-0.4, -0.2) is 17.2 Å². The first-order valence-electron chi connectivity index (χ1n) is 11.0. The predicted octanol–water partition coefficient (Wildman–Crippen LogP) is -3.00. The van der Waals surface area contributed by atoms with E-state index in [0.717, 1.165) is 23.2 Å².